The van der Waals surface area contributed by atoms with Crippen LogP contribution in [0.3, 0.4) is 0 Å². The van der Waals surface area contributed by atoms with Gasteiger partial charge in [0.1, 0.15) is 5.75 Å². The van der Waals surface area contributed by atoms with Gasteiger partial charge in [-0.2, -0.15) is 0 Å². The second-order valence-electron chi connectivity index (χ2n) is 9.97. The number of fused-ring (bicyclic) bond motifs is 1. The van der Waals surface area contributed by atoms with E-state index in [2.05, 4.69) is 4.72 Å². The Morgan fingerprint density at radius 3 is 2.10 bits per heavy atom. The van der Waals surface area contributed by atoms with Crippen LogP contribution in [-0.4, -0.2) is 14.4 Å². The fourth-order valence-corrected chi connectivity index (χ4v) is 5.97. The van der Waals surface area contributed by atoms with Crippen LogP contribution in [0.4, 0.5) is 0 Å². The van der Waals surface area contributed by atoms with Crippen molar-refractivity contribution in [1.29, 1.82) is 0 Å². The van der Waals surface area contributed by atoms with Crippen LogP contribution in [0.1, 0.15) is 28.3 Å². The Hall–Kier alpha value is -4.52. The molecular weight excluding hydrogens is 530 g/mol. The first-order chi connectivity index (χ1) is 19.8. The molecule has 0 fully saturated rings. The van der Waals surface area contributed by atoms with Crippen molar-refractivity contribution in [2.45, 2.75) is 24.8 Å². The van der Waals surface area contributed by atoms with Gasteiger partial charge in [0.25, 0.3) is 0 Å². The molecule has 0 aliphatic rings. The molecule has 41 heavy (non-hydrogen) atoms. The van der Waals surface area contributed by atoms with E-state index >= 15 is 0 Å². The number of ether oxygens (including phenoxy) is 1. The molecule has 0 radical (unpaired) electrons. The Labute approximate surface area is 241 Å². The van der Waals surface area contributed by atoms with E-state index in [0.29, 0.717) is 11.3 Å². The molecule has 5 nitrogen and oxygen atoms in total. The van der Waals surface area contributed by atoms with Gasteiger partial charge in [-0.3, -0.25) is 4.79 Å². The van der Waals surface area contributed by atoms with Crippen LogP contribution >= 0.6 is 0 Å². The van der Waals surface area contributed by atoms with E-state index < -0.39 is 28.0 Å². The van der Waals surface area contributed by atoms with Gasteiger partial charge in [0, 0.05) is 5.39 Å². The molecule has 5 aromatic rings. The van der Waals surface area contributed by atoms with Crippen molar-refractivity contribution in [3.8, 4) is 5.75 Å². The van der Waals surface area contributed by atoms with Gasteiger partial charge >= 0.3 is 5.97 Å². The largest absolute Gasteiger partial charge is 0.425 e. The molecule has 5 aromatic carbocycles. The van der Waals surface area contributed by atoms with E-state index in [9.17, 15) is 13.2 Å². The maximum atomic E-state index is 14.1. The molecule has 2 atom stereocenters. The lowest BCUT2D eigenvalue weighted by molar-refractivity contribution is -0.138. The monoisotopic (exact) mass is 561 g/mol. The predicted octanol–water partition coefficient (Wildman–Crippen LogP) is 7.41. The summed E-state index contributed by atoms with van der Waals surface area (Å²) in [6.07, 6.45) is 3.53. The second-order valence-corrected chi connectivity index (χ2v) is 11.7. The summed E-state index contributed by atoms with van der Waals surface area (Å²) in [5.74, 6) is -1.10. The fourth-order valence-electron chi connectivity index (χ4n) is 4.72. The average Bonchev–Trinajstić information content (AvgIpc) is 2.99. The Morgan fingerprint density at radius 2 is 1.39 bits per heavy atom. The van der Waals surface area contributed by atoms with Gasteiger partial charge in [0.2, 0.25) is 10.0 Å². The normalized spacial score (nSPS) is 13.2. The molecule has 0 aliphatic heterocycles. The third-order valence-electron chi connectivity index (χ3n) is 6.98. The van der Waals surface area contributed by atoms with E-state index in [4.69, 9.17) is 4.74 Å². The number of esters is 1. The molecule has 0 spiro atoms. The van der Waals surface area contributed by atoms with Crippen molar-refractivity contribution in [3.63, 3.8) is 0 Å². The summed E-state index contributed by atoms with van der Waals surface area (Å²) in [6, 6.07) is 35.9. The van der Waals surface area contributed by atoms with Gasteiger partial charge in [-0.15, -0.1) is 0 Å². The van der Waals surface area contributed by atoms with E-state index in [1.807, 2.05) is 117 Å². The van der Waals surface area contributed by atoms with Gasteiger partial charge in [-0.05, 0) is 48.1 Å². The first kappa shape index (κ1) is 28.0. The van der Waals surface area contributed by atoms with Crippen molar-refractivity contribution < 1.29 is 17.9 Å². The Kier molecular flexibility index (Phi) is 8.43. The SMILES string of the molecule is Cc1ccc(S(=O)(=O)N[C@H](c2ccccc2)[C@H](/C=C/c2ccccc2)C(=O)Oc2c(C)ccc3ccccc23)cc1. The van der Waals surface area contributed by atoms with Crippen molar-refractivity contribution in [3.05, 3.63) is 150 Å². The lowest BCUT2D eigenvalue weighted by Crippen LogP contribution is -2.37. The number of hydrogen-bond donors (Lipinski definition) is 1. The molecule has 0 aliphatic carbocycles. The van der Waals surface area contributed by atoms with Crippen molar-refractivity contribution in [2.75, 3.05) is 0 Å². The third kappa shape index (κ3) is 6.62. The maximum Gasteiger partial charge on any atom is 0.320 e. The highest BCUT2D eigenvalue weighted by Gasteiger charge is 2.33. The highest BCUT2D eigenvalue weighted by molar-refractivity contribution is 7.89. The van der Waals surface area contributed by atoms with E-state index in [1.165, 1.54) is 0 Å². The molecule has 0 bridgehead atoms. The topological polar surface area (TPSA) is 72.5 Å². The van der Waals surface area contributed by atoms with Gasteiger partial charge in [0.15, 0.2) is 0 Å². The number of nitrogens with one attached hydrogen (secondary N) is 1. The fraction of sp³-hybridized carbons (Fsp3) is 0.114. The summed E-state index contributed by atoms with van der Waals surface area (Å²) >= 11 is 0. The third-order valence-corrected chi connectivity index (χ3v) is 8.44. The number of rotatable bonds is 9. The van der Waals surface area contributed by atoms with Crippen molar-refractivity contribution in [2.24, 2.45) is 5.92 Å². The summed E-state index contributed by atoms with van der Waals surface area (Å²) < 4.78 is 36.2. The number of benzene rings is 5. The standard InChI is InChI=1S/C35H31NO4S/c1-25-17-22-30(23-18-25)41(38,39)36-33(29-14-7-4-8-15-29)32(24-20-27-11-5-3-6-12-27)35(37)40-34-26(2)19-21-28-13-9-10-16-31(28)34/h3-24,32-33,36H,1-2H3/b24-20+/t32-,33+/m0/s1. The van der Waals surface area contributed by atoms with Crippen LogP contribution in [-0.2, 0) is 14.8 Å². The van der Waals surface area contributed by atoms with Crippen LogP contribution in [0.5, 0.6) is 5.75 Å². The molecule has 6 heteroatoms. The van der Waals surface area contributed by atoms with Gasteiger partial charge in [0.05, 0.1) is 16.9 Å². The highest BCUT2D eigenvalue weighted by Crippen LogP contribution is 2.33. The molecule has 0 saturated heterocycles. The minimum atomic E-state index is -3.99. The average molecular weight is 562 g/mol. The molecule has 5 rings (SSSR count). The Bertz CT molecular complexity index is 1780. The lowest BCUT2D eigenvalue weighted by Gasteiger charge is -2.26. The molecule has 0 heterocycles. The first-order valence-corrected chi connectivity index (χ1v) is 14.9. The second kappa shape index (κ2) is 12.3. The predicted molar refractivity (Wildman–Crippen MR) is 164 cm³/mol. The minimum absolute atomic E-state index is 0.119. The number of carbonyl (C=O) groups excluding carboxylic acids is 1. The number of carbonyl (C=O) groups is 1. The number of sulfonamides is 1. The molecule has 0 saturated carbocycles. The zero-order chi connectivity index (χ0) is 28.8. The van der Waals surface area contributed by atoms with Crippen LogP contribution in [0.2, 0.25) is 0 Å². The summed E-state index contributed by atoms with van der Waals surface area (Å²) in [5, 5.41) is 1.75. The summed E-state index contributed by atoms with van der Waals surface area (Å²) in [4.78, 5) is 14.2. The molecule has 0 amide bonds. The van der Waals surface area contributed by atoms with Crippen LogP contribution in [0.15, 0.2) is 132 Å². The number of aryl methyl sites for hydroxylation is 2. The maximum absolute atomic E-state index is 14.1. The molecule has 1 N–H and O–H groups in total. The van der Waals surface area contributed by atoms with Crippen molar-refractivity contribution in [1.82, 2.24) is 4.72 Å². The van der Waals surface area contributed by atoms with Crippen LogP contribution in [0.25, 0.3) is 16.8 Å². The minimum Gasteiger partial charge on any atom is -0.425 e. The quantitative estimate of drug-likeness (QED) is 0.150. The first-order valence-electron chi connectivity index (χ1n) is 13.4. The molecule has 206 valence electrons. The summed E-state index contributed by atoms with van der Waals surface area (Å²) in [7, 11) is -3.99. The summed E-state index contributed by atoms with van der Waals surface area (Å²) in [6.45, 7) is 3.78. The van der Waals surface area contributed by atoms with Crippen LogP contribution < -0.4 is 9.46 Å². The molecule has 0 aromatic heterocycles. The Balaban J connectivity index is 1.59. The number of hydrogen-bond acceptors (Lipinski definition) is 4. The lowest BCUT2D eigenvalue weighted by atomic mass is 9.92. The van der Waals surface area contributed by atoms with Crippen molar-refractivity contribution >= 4 is 32.8 Å². The smallest absolute Gasteiger partial charge is 0.320 e. The highest BCUT2D eigenvalue weighted by atomic mass is 32.2. The molecule has 0 unspecified atom stereocenters. The van der Waals surface area contributed by atoms with E-state index in [-0.39, 0.29) is 4.90 Å². The van der Waals surface area contributed by atoms with Gasteiger partial charge in [-0.25, -0.2) is 13.1 Å². The van der Waals surface area contributed by atoms with Gasteiger partial charge in [-0.1, -0.05) is 127 Å². The molecular formula is C35H31NO4S. The summed E-state index contributed by atoms with van der Waals surface area (Å²) in [5.41, 5.74) is 3.26. The zero-order valence-corrected chi connectivity index (χ0v) is 23.7. The van der Waals surface area contributed by atoms with E-state index in [0.717, 1.165) is 27.5 Å². The Morgan fingerprint density at radius 1 is 0.756 bits per heavy atom. The van der Waals surface area contributed by atoms with Crippen LogP contribution in [0, 0.1) is 19.8 Å². The van der Waals surface area contributed by atoms with Gasteiger partial charge < -0.3 is 4.74 Å². The van der Waals surface area contributed by atoms with E-state index in [1.54, 1.807) is 30.3 Å². The zero-order valence-electron chi connectivity index (χ0n) is 22.9.